The van der Waals surface area contributed by atoms with Crippen molar-refractivity contribution in [2.24, 2.45) is 0 Å². The first-order valence-corrected chi connectivity index (χ1v) is 6.04. The number of rotatable bonds is 3. The molecule has 1 N–H and O–H groups in total. The number of halogens is 1. The van der Waals surface area contributed by atoms with Crippen LogP contribution in [0.3, 0.4) is 0 Å². The minimum atomic E-state index is -0.120. The van der Waals surface area contributed by atoms with E-state index in [1.165, 1.54) is 5.56 Å². The van der Waals surface area contributed by atoms with Gasteiger partial charge in [-0.1, -0.05) is 6.07 Å². The number of carbonyl (C=O) groups excluding carboxylic acids is 1. The molecule has 1 aromatic carbocycles. The van der Waals surface area contributed by atoms with E-state index in [0.717, 1.165) is 5.56 Å². The summed E-state index contributed by atoms with van der Waals surface area (Å²) >= 11 is 5.65. The van der Waals surface area contributed by atoms with Gasteiger partial charge < -0.3 is 9.73 Å². The maximum Gasteiger partial charge on any atom is 0.251 e. The van der Waals surface area contributed by atoms with Gasteiger partial charge in [-0.2, -0.15) is 0 Å². The summed E-state index contributed by atoms with van der Waals surface area (Å²) in [6.07, 6.45) is 0. The number of amides is 1. The Balaban J connectivity index is 2.01. The SMILES string of the molecule is Cc1ccc(C(=O)NCc2ccc(Cl)o2)cc1C. The Labute approximate surface area is 111 Å². The zero-order valence-electron chi connectivity index (χ0n) is 10.3. The molecule has 1 heterocycles. The summed E-state index contributed by atoms with van der Waals surface area (Å²) in [6.45, 7) is 4.33. The predicted octanol–water partition coefficient (Wildman–Crippen LogP) is 3.48. The number of aryl methyl sites for hydroxylation is 2. The normalized spacial score (nSPS) is 10.4. The fourth-order valence-corrected chi connectivity index (χ4v) is 1.76. The molecule has 1 aromatic heterocycles. The van der Waals surface area contributed by atoms with Gasteiger partial charge in [-0.05, 0) is 60.8 Å². The number of hydrogen-bond acceptors (Lipinski definition) is 2. The first-order valence-electron chi connectivity index (χ1n) is 5.66. The van der Waals surface area contributed by atoms with E-state index in [9.17, 15) is 4.79 Å². The molecule has 0 spiro atoms. The lowest BCUT2D eigenvalue weighted by Crippen LogP contribution is -2.22. The predicted molar refractivity (Wildman–Crippen MR) is 70.8 cm³/mol. The van der Waals surface area contributed by atoms with Crippen molar-refractivity contribution >= 4 is 17.5 Å². The van der Waals surface area contributed by atoms with Crippen molar-refractivity contribution in [1.82, 2.24) is 5.32 Å². The van der Waals surface area contributed by atoms with Gasteiger partial charge in [0.25, 0.3) is 5.91 Å². The van der Waals surface area contributed by atoms with E-state index < -0.39 is 0 Å². The third-order valence-electron chi connectivity index (χ3n) is 2.82. The van der Waals surface area contributed by atoms with Gasteiger partial charge in [0.1, 0.15) is 5.76 Å². The standard InChI is InChI=1S/C14H14ClNO2/c1-9-3-4-11(7-10(9)2)14(17)16-8-12-5-6-13(15)18-12/h3-7H,8H2,1-2H3,(H,16,17). The Morgan fingerprint density at radius 1 is 1.22 bits per heavy atom. The van der Waals surface area contributed by atoms with Gasteiger partial charge in [0.2, 0.25) is 0 Å². The Hall–Kier alpha value is -1.74. The highest BCUT2D eigenvalue weighted by Gasteiger charge is 2.07. The van der Waals surface area contributed by atoms with E-state index in [0.29, 0.717) is 23.1 Å². The van der Waals surface area contributed by atoms with Gasteiger partial charge in [0, 0.05) is 5.56 Å². The zero-order chi connectivity index (χ0) is 13.1. The van der Waals surface area contributed by atoms with Crippen molar-refractivity contribution in [2.45, 2.75) is 20.4 Å². The van der Waals surface area contributed by atoms with Crippen LogP contribution in [0, 0.1) is 13.8 Å². The summed E-state index contributed by atoms with van der Waals surface area (Å²) in [7, 11) is 0. The molecule has 0 aliphatic rings. The van der Waals surface area contributed by atoms with Crippen LogP contribution in [0.5, 0.6) is 0 Å². The Morgan fingerprint density at radius 3 is 2.61 bits per heavy atom. The van der Waals surface area contributed by atoms with Crippen molar-refractivity contribution < 1.29 is 9.21 Å². The molecular formula is C14H14ClNO2. The van der Waals surface area contributed by atoms with Crippen molar-refractivity contribution in [3.8, 4) is 0 Å². The van der Waals surface area contributed by atoms with Gasteiger partial charge in [0.05, 0.1) is 6.54 Å². The van der Waals surface area contributed by atoms with Crippen LogP contribution in [0.25, 0.3) is 0 Å². The van der Waals surface area contributed by atoms with E-state index >= 15 is 0 Å². The van der Waals surface area contributed by atoms with Gasteiger partial charge in [-0.15, -0.1) is 0 Å². The average molecular weight is 264 g/mol. The highest BCUT2D eigenvalue weighted by atomic mass is 35.5. The highest BCUT2D eigenvalue weighted by Crippen LogP contribution is 2.13. The maximum absolute atomic E-state index is 11.9. The van der Waals surface area contributed by atoms with E-state index in [4.69, 9.17) is 16.0 Å². The third-order valence-corrected chi connectivity index (χ3v) is 3.02. The van der Waals surface area contributed by atoms with Crippen molar-refractivity contribution in [1.29, 1.82) is 0 Å². The second kappa shape index (κ2) is 5.27. The van der Waals surface area contributed by atoms with Crippen LogP contribution in [0.1, 0.15) is 27.2 Å². The summed E-state index contributed by atoms with van der Waals surface area (Å²) in [4.78, 5) is 11.9. The number of hydrogen-bond donors (Lipinski definition) is 1. The minimum Gasteiger partial charge on any atom is -0.448 e. The zero-order valence-corrected chi connectivity index (χ0v) is 11.0. The quantitative estimate of drug-likeness (QED) is 0.921. The van der Waals surface area contributed by atoms with Crippen LogP contribution < -0.4 is 5.32 Å². The molecule has 18 heavy (non-hydrogen) atoms. The topological polar surface area (TPSA) is 42.2 Å². The number of furan rings is 1. The maximum atomic E-state index is 11.9. The monoisotopic (exact) mass is 263 g/mol. The molecule has 0 atom stereocenters. The van der Waals surface area contributed by atoms with Crippen LogP contribution in [0.2, 0.25) is 5.22 Å². The molecule has 3 nitrogen and oxygen atoms in total. The van der Waals surface area contributed by atoms with Crippen LogP contribution >= 0.6 is 11.6 Å². The number of nitrogens with one attached hydrogen (secondary N) is 1. The summed E-state index contributed by atoms with van der Waals surface area (Å²) in [5.41, 5.74) is 2.92. The van der Waals surface area contributed by atoms with E-state index in [1.807, 2.05) is 32.0 Å². The smallest absolute Gasteiger partial charge is 0.251 e. The molecule has 0 aliphatic heterocycles. The van der Waals surface area contributed by atoms with Crippen molar-refractivity contribution in [2.75, 3.05) is 0 Å². The van der Waals surface area contributed by atoms with E-state index in [1.54, 1.807) is 12.1 Å². The minimum absolute atomic E-state index is 0.120. The molecule has 0 radical (unpaired) electrons. The second-order valence-electron chi connectivity index (χ2n) is 4.19. The molecule has 0 aliphatic carbocycles. The van der Waals surface area contributed by atoms with Crippen LogP contribution in [0.15, 0.2) is 34.7 Å². The molecular weight excluding hydrogens is 250 g/mol. The first-order chi connectivity index (χ1) is 8.56. The van der Waals surface area contributed by atoms with E-state index in [2.05, 4.69) is 5.32 Å². The molecule has 0 saturated heterocycles. The molecule has 2 aromatic rings. The first kappa shape index (κ1) is 12.7. The fraction of sp³-hybridized carbons (Fsp3) is 0.214. The molecule has 0 fully saturated rings. The van der Waals surface area contributed by atoms with E-state index in [-0.39, 0.29) is 5.91 Å². The number of benzene rings is 1. The molecule has 2 rings (SSSR count). The highest BCUT2D eigenvalue weighted by molar-refractivity contribution is 6.28. The van der Waals surface area contributed by atoms with Crippen LogP contribution in [0.4, 0.5) is 0 Å². The average Bonchev–Trinajstić information content (AvgIpc) is 2.75. The van der Waals surface area contributed by atoms with Gasteiger partial charge in [0.15, 0.2) is 5.22 Å². The second-order valence-corrected chi connectivity index (χ2v) is 4.56. The molecule has 0 bridgehead atoms. The van der Waals surface area contributed by atoms with Gasteiger partial charge in [-0.3, -0.25) is 4.79 Å². The van der Waals surface area contributed by atoms with Crippen molar-refractivity contribution in [3.63, 3.8) is 0 Å². The summed E-state index contributed by atoms with van der Waals surface area (Å²) < 4.78 is 5.16. The lowest BCUT2D eigenvalue weighted by Gasteiger charge is -2.06. The Bertz CT molecular complexity index is 575. The molecule has 0 unspecified atom stereocenters. The molecule has 0 saturated carbocycles. The lowest BCUT2D eigenvalue weighted by atomic mass is 10.1. The fourth-order valence-electron chi connectivity index (χ4n) is 1.60. The molecule has 1 amide bonds. The molecule has 94 valence electrons. The number of carbonyl (C=O) groups is 1. The largest absolute Gasteiger partial charge is 0.448 e. The third kappa shape index (κ3) is 2.93. The Kier molecular flexibility index (Phi) is 3.72. The van der Waals surface area contributed by atoms with Crippen LogP contribution in [-0.2, 0) is 6.54 Å². The van der Waals surface area contributed by atoms with Crippen LogP contribution in [-0.4, -0.2) is 5.91 Å². The Morgan fingerprint density at radius 2 is 2.00 bits per heavy atom. The van der Waals surface area contributed by atoms with Gasteiger partial charge in [-0.25, -0.2) is 0 Å². The summed E-state index contributed by atoms with van der Waals surface area (Å²) in [6, 6.07) is 9.02. The summed E-state index contributed by atoms with van der Waals surface area (Å²) in [5.74, 6) is 0.516. The van der Waals surface area contributed by atoms with Gasteiger partial charge >= 0.3 is 0 Å². The molecule has 4 heteroatoms. The lowest BCUT2D eigenvalue weighted by molar-refractivity contribution is 0.0948. The van der Waals surface area contributed by atoms with Crippen molar-refractivity contribution in [3.05, 3.63) is 58.0 Å². The summed E-state index contributed by atoms with van der Waals surface area (Å²) in [5, 5.41) is 3.11.